The fourth-order valence-electron chi connectivity index (χ4n) is 4.19. The SMILES string of the molecule is C[C@@]1(C(O)c2cccs2)Cc2ccc(C#N)cc2[C@@H]1c1ccccc1. The Balaban J connectivity index is 1.88. The summed E-state index contributed by atoms with van der Waals surface area (Å²) in [4.78, 5) is 0.997. The van der Waals surface area contributed by atoms with Gasteiger partial charge in [0.25, 0.3) is 0 Å². The van der Waals surface area contributed by atoms with E-state index in [-0.39, 0.29) is 11.3 Å². The zero-order chi connectivity index (χ0) is 17.4. The Labute approximate surface area is 152 Å². The quantitative estimate of drug-likeness (QED) is 0.722. The molecular weight excluding hydrogens is 326 g/mol. The van der Waals surface area contributed by atoms with Gasteiger partial charge in [0.1, 0.15) is 0 Å². The fraction of sp³-hybridized carbons (Fsp3) is 0.227. The number of hydrogen-bond donors (Lipinski definition) is 1. The van der Waals surface area contributed by atoms with E-state index in [0.29, 0.717) is 5.56 Å². The van der Waals surface area contributed by atoms with Gasteiger partial charge in [-0.05, 0) is 46.7 Å². The molecule has 1 heterocycles. The van der Waals surface area contributed by atoms with Crippen molar-refractivity contribution in [2.45, 2.75) is 25.4 Å². The van der Waals surface area contributed by atoms with E-state index in [0.717, 1.165) is 11.3 Å². The molecule has 2 nitrogen and oxygen atoms in total. The van der Waals surface area contributed by atoms with Gasteiger partial charge in [-0.25, -0.2) is 0 Å². The van der Waals surface area contributed by atoms with Crippen molar-refractivity contribution in [2.75, 3.05) is 0 Å². The van der Waals surface area contributed by atoms with Crippen LogP contribution in [0.4, 0.5) is 0 Å². The molecule has 2 aromatic carbocycles. The molecule has 1 unspecified atom stereocenters. The summed E-state index contributed by atoms with van der Waals surface area (Å²) in [5.41, 5.74) is 3.92. The third-order valence-corrected chi connectivity index (χ3v) is 6.31. The van der Waals surface area contributed by atoms with Gasteiger partial charge in [0.2, 0.25) is 0 Å². The summed E-state index contributed by atoms with van der Waals surface area (Å²) in [6.45, 7) is 2.17. The standard InChI is InChI=1S/C22H19NOS/c1-22(21(24)19-8-5-11-25-19)13-17-10-9-15(14-23)12-18(17)20(22)16-6-3-2-4-7-16/h2-12,20-21,24H,13H2,1H3/t20-,21?,22+/m0/s1. The van der Waals surface area contributed by atoms with Gasteiger partial charge < -0.3 is 5.11 Å². The maximum absolute atomic E-state index is 11.2. The molecule has 4 rings (SSSR count). The van der Waals surface area contributed by atoms with Gasteiger partial charge >= 0.3 is 0 Å². The average molecular weight is 345 g/mol. The number of benzene rings is 2. The zero-order valence-electron chi connectivity index (χ0n) is 14.0. The minimum atomic E-state index is -0.546. The Morgan fingerprint density at radius 3 is 2.64 bits per heavy atom. The Bertz CT molecular complexity index is 926. The summed E-state index contributed by atoms with van der Waals surface area (Å²) in [7, 11) is 0. The number of thiophene rings is 1. The Kier molecular flexibility index (Phi) is 3.95. The smallest absolute Gasteiger partial charge is 0.0991 e. The highest BCUT2D eigenvalue weighted by atomic mass is 32.1. The summed E-state index contributed by atoms with van der Waals surface area (Å²) in [6.07, 6.45) is 0.253. The third kappa shape index (κ3) is 2.59. The molecule has 3 heteroatoms. The lowest BCUT2D eigenvalue weighted by molar-refractivity contribution is 0.0346. The van der Waals surface area contributed by atoms with Gasteiger partial charge in [-0.3, -0.25) is 0 Å². The number of hydrogen-bond acceptors (Lipinski definition) is 3. The molecule has 0 saturated carbocycles. The van der Waals surface area contributed by atoms with Gasteiger partial charge in [0.15, 0.2) is 0 Å². The van der Waals surface area contributed by atoms with Crippen LogP contribution >= 0.6 is 11.3 Å². The lowest BCUT2D eigenvalue weighted by atomic mass is 9.70. The largest absolute Gasteiger partial charge is 0.387 e. The van der Waals surface area contributed by atoms with Gasteiger partial charge in [0.05, 0.1) is 17.7 Å². The number of aliphatic hydroxyl groups is 1. The van der Waals surface area contributed by atoms with Crippen molar-refractivity contribution in [2.24, 2.45) is 5.41 Å². The van der Waals surface area contributed by atoms with E-state index in [1.807, 2.05) is 47.8 Å². The molecule has 124 valence electrons. The number of rotatable bonds is 3. The molecule has 0 spiro atoms. The van der Waals surface area contributed by atoms with Crippen LogP contribution in [0.5, 0.6) is 0 Å². The van der Waals surface area contributed by atoms with Gasteiger partial charge in [-0.2, -0.15) is 5.26 Å². The first-order chi connectivity index (χ1) is 12.1. The average Bonchev–Trinajstić information content (AvgIpc) is 3.27. The summed E-state index contributed by atoms with van der Waals surface area (Å²) in [5, 5.41) is 22.6. The summed E-state index contributed by atoms with van der Waals surface area (Å²) < 4.78 is 0. The fourth-order valence-corrected chi connectivity index (χ4v) is 5.06. The lowest BCUT2D eigenvalue weighted by Crippen LogP contribution is -2.30. The molecule has 0 saturated heterocycles. The van der Waals surface area contributed by atoms with E-state index in [9.17, 15) is 10.4 Å². The van der Waals surface area contributed by atoms with E-state index >= 15 is 0 Å². The van der Waals surface area contributed by atoms with E-state index in [4.69, 9.17) is 0 Å². The third-order valence-electron chi connectivity index (χ3n) is 5.39. The van der Waals surface area contributed by atoms with E-state index < -0.39 is 6.10 Å². The lowest BCUT2D eigenvalue weighted by Gasteiger charge is -2.36. The molecule has 3 atom stereocenters. The van der Waals surface area contributed by atoms with Crippen LogP contribution in [0.15, 0.2) is 66.0 Å². The van der Waals surface area contributed by atoms with Crippen LogP contribution in [0.3, 0.4) is 0 Å². The molecule has 1 aromatic heterocycles. The summed E-state index contributed by atoms with van der Waals surface area (Å²) in [5.74, 6) is 0.0640. The highest BCUT2D eigenvalue weighted by Crippen LogP contribution is 2.57. The van der Waals surface area contributed by atoms with Crippen molar-refractivity contribution in [1.82, 2.24) is 0 Å². The molecule has 0 radical (unpaired) electrons. The highest BCUT2D eigenvalue weighted by Gasteiger charge is 2.48. The van der Waals surface area contributed by atoms with Crippen molar-refractivity contribution in [3.63, 3.8) is 0 Å². The molecule has 0 bridgehead atoms. The predicted octanol–water partition coefficient (Wildman–Crippen LogP) is 5.05. The first-order valence-corrected chi connectivity index (χ1v) is 9.31. The molecule has 0 aliphatic heterocycles. The molecule has 3 aromatic rings. The Morgan fingerprint density at radius 1 is 1.16 bits per heavy atom. The number of nitrogens with zero attached hydrogens (tertiary/aromatic N) is 1. The Morgan fingerprint density at radius 2 is 1.96 bits per heavy atom. The number of nitriles is 1. The van der Waals surface area contributed by atoms with Crippen LogP contribution in [-0.2, 0) is 6.42 Å². The summed E-state index contributed by atoms with van der Waals surface area (Å²) in [6, 6.07) is 22.5. The van der Waals surface area contributed by atoms with Crippen LogP contribution in [0.25, 0.3) is 0 Å². The van der Waals surface area contributed by atoms with Crippen molar-refractivity contribution in [3.8, 4) is 6.07 Å². The monoisotopic (exact) mass is 345 g/mol. The molecule has 1 aliphatic rings. The Hall–Kier alpha value is -2.41. The van der Waals surface area contributed by atoms with Crippen molar-refractivity contribution in [3.05, 3.63) is 93.2 Å². The first-order valence-electron chi connectivity index (χ1n) is 8.43. The van der Waals surface area contributed by atoms with Crippen molar-refractivity contribution in [1.29, 1.82) is 5.26 Å². The minimum Gasteiger partial charge on any atom is -0.387 e. The van der Waals surface area contributed by atoms with Gasteiger partial charge in [-0.1, -0.05) is 49.4 Å². The number of fused-ring (bicyclic) bond motifs is 1. The molecular formula is C22H19NOS. The van der Waals surface area contributed by atoms with Crippen LogP contribution in [0, 0.1) is 16.7 Å². The van der Waals surface area contributed by atoms with Crippen molar-refractivity contribution < 1.29 is 5.11 Å². The van der Waals surface area contributed by atoms with Crippen molar-refractivity contribution >= 4 is 11.3 Å². The molecule has 1 N–H and O–H groups in total. The molecule has 25 heavy (non-hydrogen) atoms. The maximum atomic E-state index is 11.2. The van der Waals surface area contributed by atoms with Crippen LogP contribution < -0.4 is 0 Å². The van der Waals surface area contributed by atoms with Crippen LogP contribution in [-0.4, -0.2) is 5.11 Å². The minimum absolute atomic E-state index is 0.0640. The molecule has 0 amide bonds. The predicted molar refractivity (Wildman–Crippen MR) is 101 cm³/mol. The zero-order valence-corrected chi connectivity index (χ0v) is 14.8. The van der Waals surface area contributed by atoms with E-state index in [1.165, 1.54) is 16.7 Å². The molecule has 0 fully saturated rings. The second-order valence-electron chi connectivity index (χ2n) is 6.97. The van der Waals surface area contributed by atoms with E-state index in [2.05, 4.69) is 31.2 Å². The summed E-state index contributed by atoms with van der Waals surface area (Å²) >= 11 is 1.60. The first kappa shape index (κ1) is 16.1. The second-order valence-corrected chi connectivity index (χ2v) is 7.95. The second kappa shape index (κ2) is 6.15. The number of aliphatic hydroxyl groups excluding tert-OH is 1. The van der Waals surface area contributed by atoms with Gasteiger partial charge in [0, 0.05) is 16.2 Å². The highest BCUT2D eigenvalue weighted by molar-refractivity contribution is 7.10. The maximum Gasteiger partial charge on any atom is 0.0991 e. The normalized spacial score (nSPS) is 23.0. The van der Waals surface area contributed by atoms with Gasteiger partial charge in [-0.15, -0.1) is 11.3 Å². The van der Waals surface area contributed by atoms with Crippen LogP contribution in [0.2, 0.25) is 0 Å². The van der Waals surface area contributed by atoms with E-state index in [1.54, 1.807) is 11.3 Å². The topological polar surface area (TPSA) is 44.0 Å². The molecule has 1 aliphatic carbocycles. The van der Waals surface area contributed by atoms with Crippen LogP contribution in [0.1, 0.15) is 46.1 Å².